The van der Waals surface area contributed by atoms with Crippen LogP contribution < -0.4 is 0 Å². The maximum absolute atomic E-state index is 9.83. The molecule has 0 aliphatic heterocycles. The lowest BCUT2D eigenvalue weighted by Gasteiger charge is -2.27. The third kappa shape index (κ3) is 3.12. The molecule has 0 bridgehead atoms. The molecule has 0 radical (unpaired) electrons. The number of thiazole rings is 1. The van der Waals surface area contributed by atoms with Crippen molar-refractivity contribution in [2.24, 2.45) is 0 Å². The van der Waals surface area contributed by atoms with E-state index in [-0.39, 0.29) is 12.0 Å². The first-order valence-corrected chi connectivity index (χ1v) is 8.66. The lowest BCUT2D eigenvalue weighted by molar-refractivity contribution is 0.221. The molecule has 1 N–H and O–H groups in total. The minimum Gasteiger partial charge on any atom is -0.395 e. The normalized spacial score (nSPS) is 14.2. The van der Waals surface area contributed by atoms with E-state index < -0.39 is 0 Å². The van der Waals surface area contributed by atoms with Crippen LogP contribution in [0.25, 0.3) is 10.2 Å². The highest BCUT2D eigenvalue weighted by Crippen LogP contribution is 2.35. The average Bonchev–Trinajstić information content (AvgIpc) is 2.96. The minimum absolute atomic E-state index is 0.134. The summed E-state index contributed by atoms with van der Waals surface area (Å²) in [5.74, 6) is 0.813. The first kappa shape index (κ1) is 14.6. The molecule has 1 heterocycles. The SMILES string of the molecule is C[C@](CO)(CSc1nc2ccccc2s1)c1ccccc1. The van der Waals surface area contributed by atoms with E-state index >= 15 is 0 Å². The Bertz CT molecular complexity index is 693. The van der Waals surface area contributed by atoms with E-state index in [9.17, 15) is 5.11 Å². The quantitative estimate of drug-likeness (QED) is 0.711. The van der Waals surface area contributed by atoms with Gasteiger partial charge in [0.1, 0.15) is 0 Å². The first-order chi connectivity index (χ1) is 10.2. The molecule has 0 fully saturated rings. The topological polar surface area (TPSA) is 33.1 Å². The molecule has 4 heteroatoms. The summed E-state index contributed by atoms with van der Waals surface area (Å²) >= 11 is 3.43. The van der Waals surface area contributed by atoms with Gasteiger partial charge in [0.2, 0.25) is 0 Å². The molecule has 0 amide bonds. The summed E-state index contributed by atoms with van der Waals surface area (Å²) in [5.41, 5.74) is 1.97. The highest BCUT2D eigenvalue weighted by molar-refractivity contribution is 8.01. The molecule has 1 aromatic heterocycles. The summed E-state index contributed by atoms with van der Waals surface area (Å²) in [6, 6.07) is 18.4. The average molecular weight is 315 g/mol. The molecule has 0 saturated carbocycles. The van der Waals surface area contributed by atoms with Crippen LogP contribution in [0.4, 0.5) is 0 Å². The molecule has 21 heavy (non-hydrogen) atoms. The van der Waals surface area contributed by atoms with Crippen molar-refractivity contribution < 1.29 is 5.11 Å². The molecule has 0 saturated heterocycles. The molecule has 0 unspecified atom stereocenters. The number of aliphatic hydroxyl groups excluding tert-OH is 1. The fourth-order valence-electron chi connectivity index (χ4n) is 2.19. The Morgan fingerprint density at radius 1 is 1.10 bits per heavy atom. The fourth-order valence-corrected chi connectivity index (χ4v) is 4.44. The zero-order valence-corrected chi connectivity index (χ0v) is 13.5. The number of hydrogen-bond donors (Lipinski definition) is 1. The molecular weight excluding hydrogens is 298 g/mol. The van der Waals surface area contributed by atoms with Gasteiger partial charge < -0.3 is 5.11 Å². The smallest absolute Gasteiger partial charge is 0.151 e. The van der Waals surface area contributed by atoms with Crippen LogP contribution in [0.2, 0.25) is 0 Å². The summed E-state index contributed by atoms with van der Waals surface area (Å²) in [6.07, 6.45) is 0. The predicted molar refractivity (Wildman–Crippen MR) is 91.2 cm³/mol. The number of fused-ring (bicyclic) bond motifs is 1. The summed E-state index contributed by atoms with van der Waals surface area (Å²) in [7, 11) is 0. The van der Waals surface area contributed by atoms with Gasteiger partial charge in [-0.05, 0) is 17.7 Å². The number of benzene rings is 2. The van der Waals surface area contributed by atoms with E-state index in [0.717, 1.165) is 15.6 Å². The maximum atomic E-state index is 9.83. The van der Waals surface area contributed by atoms with Gasteiger partial charge in [-0.15, -0.1) is 11.3 Å². The highest BCUT2D eigenvalue weighted by atomic mass is 32.2. The van der Waals surface area contributed by atoms with E-state index in [0.29, 0.717) is 0 Å². The largest absolute Gasteiger partial charge is 0.395 e. The van der Waals surface area contributed by atoms with Crippen LogP contribution in [0.1, 0.15) is 12.5 Å². The van der Waals surface area contributed by atoms with Crippen LogP contribution in [0.5, 0.6) is 0 Å². The van der Waals surface area contributed by atoms with Gasteiger partial charge in [-0.3, -0.25) is 0 Å². The molecule has 3 aromatic rings. The van der Waals surface area contributed by atoms with E-state index in [1.807, 2.05) is 36.4 Å². The minimum atomic E-state index is -0.246. The number of nitrogens with zero attached hydrogens (tertiary/aromatic N) is 1. The number of aliphatic hydroxyl groups is 1. The zero-order valence-electron chi connectivity index (χ0n) is 11.8. The fraction of sp³-hybridized carbons (Fsp3) is 0.235. The standard InChI is InChI=1S/C17H17NOS2/c1-17(11-19,13-7-3-2-4-8-13)12-20-16-18-14-9-5-6-10-15(14)21-16/h2-10,19H,11-12H2,1H3/t17-/m0/s1. The maximum Gasteiger partial charge on any atom is 0.151 e. The number of thioether (sulfide) groups is 1. The summed E-state index contributed by atoms with van der Waals surface area (Å²) in [5, 5.41) is 9.83. The van der Waals surface area contributed by atoms with Crippen LogP contribution in [0, 0.1) is 0 Å². The van der Waals surface area contributed by atoms with Gasteiger partial charge in [0.15, 0.2) is 4.34 Å². The monoisotopic (exact) mass is 315 g/mol. The van der Waals surface area contributed by atoms with Gasteiger partial charge in [-0.25, -0.2) is 4.98 Å². The Kier molecular flexibility index (Phi) is 4.29. The van der Waals surface area contributed by atoms with Crippen LogP contribution in [0.3, 0.4) is 0 Å². The zero-order chi connectivity index (χ0) is 14.7. The van der Waals surface area contributed by atoms with Crippen molar-refractivity contribution in [1.82, 2.24) is 4.98 Å². The molecule has 0 aliphatic rings. The van der Waals surface area contributed by atoms with Gasteiger partial charge >= 0.3 is 0 Å². The van der Waals surface area contributed by atoms with Crippen molar-refractivity contribution in [3.8, 4) is 0 Å². The summed E-state index contributed by atoms with van der Waals surface area (Å²) < 4.78 is 2.28. The van der Waals surface area contributed by atoms with Gasteiger partial charge in [-0.2, -0.15) is 0 Å². The third-order valence-electron chi connectivity index (χ3n) is 3.61. The van der Waals surface area contributed by atoms with Gasteiger partial charge in [0.05, 0.1) is 16.8 Å². The lowest BCUT2D eigenvalue weighted by atomic mass is 9.85. The second-order valence-electron chi connectivity index (χ2n) is 5.32. The van der Waals surface area contributed by atoms with Crippen molar-refractivity contribution in [1.29, 1.82) is 0 Å². The Hall–Kier alpha value is -1.36. The third-order valence-corrected chi connectivity index (χ3v) is 6.16. The Morgan fingerprint density at radius 3 is 2.52 bits per heavy atom. The number of rotatable bonds is 5. The van der Waals surface area contributed by atoms with E-state index in [2.05, 4.69) is 30.1 Å². The van der Waals surface area contributed by atoms with Crippen molar-refractivity contribution in [2.75, 3.05) is 12.4 Å². The molecule has 0 aliphatic carbocycles. The van der Waals surface area contributed by atoms with E-state index in [1.54, 1.807) is 23.1 Å². The lowest BCUT2D eigenvalue weighted by Crippen LogP contribution is -2.29. The molecule has 0 spiro atoms. The number of hydrogen-bond acceptors (Lipinski definition) is 4. The van der Waals surface area contributed by atoms with Gasteiger partial charge in [0, 0.05) is 11.2 Å². The molecule has 2 aromatic carbocycles. The highest BCUT2D eigenvalue weighted by Gasteiger charge is 2.26. The van der Waals surface area contributed by atoms with E-state index in [1.165, 1.54) is 10.3 Å². The van der Waals surface area contributed by atoms with Gasteiger partial charge in [0.25, 0.3) is 0 Å². The molecule has 2 nitrogen and oxygen atoms in total. The Labute approximate surface area is 132 Å². The van der Waals surface area contributed by atoms with E-state index in [4.69, 9.17) is 0 Å². The summed E-state index contributed by atoms with van der Waals surface area (Å²) in [4.78, 5) is 4.64. The number of aromatic nitrogens is 1. The van der Waals surface area contributed by atoms with Crippen LogP contribution in [0.15, 0.2) is 58.9 Å². The first-order valence-electron chi connectivity index (χ1n) is 6.86. The van der Waals surface area contributed by atoms with Crippen molar-refractivity contribution >= 4 is 33.3 Å². The second-order valence-corrected chi connectivity index (χ2v) is 7.57. The Morgan fingerprint density at radius 2 is 1.81 bits per heavy atom. The molecule has 1 atom stereocenters. The number of para-hydroxylation sites is 1. The molecule has 3 rings (SSSR count). The second kappa shape index (κ2) is 6.18. The van der Waals surface area contributed by atoms with Crippen LogP contribution in [-0.4, -0.2) is 22.5 Å². The van der Waals surface area contributed by atoms with Crippen LogP contribution in [-0.2, 0) is 5.41 Å². The van der Waals surface area contributed by atoms with Gasteiger partial charge in [-0.1, -0.05) is 61.2 Å². The predicted octanol–water partition coefficient (Wildman–Crippen LogP) is 4.34. The van der Waals surface area contributed by atoms with Crippen LogP contribution >= 0.6 is 23.1 Å². The van der Waals surface area contributed by atoms with Crippen molar-refractivity contribution in [3.63, 3.8) is 0 Å². The molecule has 108 valence electrons. The van der Waals surface area contributed by atoms with Crippen molar-refractivity contribution in [3.05, 3.63) is 60.2 Å². The molecular formula is C17H17NOS2. The van der Waals surface area contributed by atoms with Crippen molar-refractivity contribution in [2.45, 2.75) is 16.7 Å². The summed E-state index contributed by atoms with van der Waals surface area (Å²) in [6.45, 7) is 2.23. The Balaban J connectivity index is 1.78.